The Morgan fingerprint density at radius 3 is 1.25 bits per heavy atom. The van der Waals surface area contributed by atoms with Crippen LogP contribution >= 0.6 is 0 Å². The fourth-order valence-corrected chi connectivity index (χ4v) is 0. The predicted octanol–water partition coefficient (Wildman–Crippen LogP) is -0.190. The van der Waals surface area contributed by atoms with E-state index in [-0.39, 0.29) is 38.1 Å². The van der Waals surface area contributed by atoms with E-state index in [4.69, 9.17) is 4.79 Å². The van der Waals surface area contributed by atoms with Gasteiger partial charge in [-0.2, -0.15) is 0 Å². The Labute approximate surface area is 49.9 Å². The summed E-state index contributed by atoms with van der Waals surface area (Å²) in [6.45, 7) is 2.00. The maximum Gasteiger partial charge on any atom is 0.106 e. The van der Waals surface area contributed by atoms with Crippen molar-refractivity contribution < 1.29 is 42.9 Å². The van der Waals surface area contributed by atoms with Gasteiger partial charge in [-0.3, -0.25) is 0 Å². The van der Waals surface area contributed by atoms with E-state index in [0.717, 1.165) is 0 Å². The molecule has 0 N–H and O–H groups in total. The third-order valence-electron chi connectivity index (χ3n) is 0. The fourth-order valence-electron chi connectivity index (χ4n) is 0. The number of rotatable bonds is 0. The van der Waals surface area contributed by atoms with Gasteiger partial charge in [-0.05, 0) is 0 Å². The van der Waals surface area contributed by atoms with Gasteiger partial charge in [-0.15, -0.1) is 0 Å². The Kier molecular flexibility index (Phi) is 217. The third kappa shape index (κ3) is 13.2. The number of carbonyl (C=O) groups is 1. The molecule has 0 heterocycles. The fraction of sp³-hybridized carbons (Fsp3) is 0. The first-order valence-electron chi connectivity index (χ1n) is 0.289. The largest absolute Gasteiger partial charge is 0.307 e. The van der Waals surface area contributed by atoms with E-state index >= 15 is 0 Å². The number of carbonyl (C=O) groups excluding carboxylic acids is 1. The summed E-state index contributed by atoms with van der Waals surface area (Å²) in [5.41, 5.74) is 0. The molecule has 0 saturated heterocycles. The van der Waals surface area contributed by atoms with Gasteiger partial charge in [0.2, 0.25) is 0 Å². The molecule has 0 aliphatic carbocycles. The summed E-state index contributed by atoms with van der Waals surface area (Å²) >= 11 is 0. The van der Waals surface area contributed by atoms with Crippen molar-refractivity contribution in [3.05, 3.63) is 0 Å². The smallest absolute Gasteiger partial charge is 0.106 e. The van der Waals surface area contributed by atoms with E-state index < -0.39 is 0 Å². The van der Waals surface area contributed by atoms with Crippen LogP contribution in [-0.2, 0) is 42.9 Å². The summed E-state index contributed by atoms with van der Waals surface area (Å²) in [7, 11) is 0. The molecule has 26 valence electrons. The summed E-state index contributed by atoms with van der Waals surface area (Å²) in [6, 6.07) is 0. The summed E-state index contributed by atoms with van der Waals surface area (Å²) in [5.74, 6) is 0. The predicted molar refractivity (Wildman–Crippen MR) is 7.12 cm³/mol. The van der Waals surface area contributed by atoms with Crippen molar-refractivity contribution in [3.63, 3.8) is 0 Å². The first-order valence-corrected chi connectivity index (χ1v) is 0.289. The van der Waals surface area contributed by atoms with Gasteiger partial charge in [0.1, 0.15) is 6.79 Å². The second-order valence-corrected chi connectivity index (χ2v) is 0. The Bertz CT molecular complexity index is 8.00. The van der Waals surface area contributed by atoms with Crippen molar-refractivity contribution in [2.24, 2.45) is 0 Å². The molecular weight excluding hydrogens is 180 g/mol. The van der Waals surface area contributed by atoms with Gasteiger partial charge < -0.3 is 4.79 Å². The Hall–Kier alpha value is 0.878. The van der Waals surface area contributed by atoms with Gasteiger partial charge >= 0.3 is 0 Å². The molecular formula is CH2FeMoO. The van der Waals surface area contributed by atoms with Crippen LogP contribution in [0.4, 0.5) is 0 Å². The first kappa shape index (κ1) is 20.8. The van der Waals surface area contributed by atoms with Crippen LogP contribution in [0.15, 0.2) is 0 Å². The van der Waals surface area contributed by atoms with Crippen LogP contribution < -0.4 is 0 Å². The quantitative estimate of drug-likeness (QED) is 0.474. The van der Waals surface area contributed by atoms with Gasteiger partial charge in [0.25, 0.3) is 0 Å². The van der Waals surface area contributed by atoms with Gasteiger partial charge in [-0.25, -0.2) is 0 Å². The average molecular weight is 182 g/mol. The molecule has 0 aromatic heterocycles. The summed E-state index contributed by atoms with van der Waals surface area (Å²) in [4.78, 5) is 8.00. The van der Waals surface area contributed by atoms with Crippen LogP contribution in [0.1, 0.15) is 0 Å². The molecule has 0 aliphatic rings. The molecule has 0 bridgehead atoms. The zero-order chi connectivity index (χ0) is 2.00. The molecule has 0 aliphatic heterocycles. The molecule has 0 rings (SSSR count). The number of hydrogen-bond acceptors (Lipinski definition) is 1. The molecule has 0 aromatic carbocycles. The van der Waals surface area contributed by atoms with E-state index in [2.05, 4.69) is 0 Å². The zero-order valence-corrected chi connectivity index (χ0v) is 4.99. The molecule has 0 unspecified atom stereocenters. The van der Waals surface area contributed by atoms with E-state index in [9.17, 15) is 0 Å². The van der Waals surface area contributed by atoms with Gasteiger partial charge in [0.15, 0.2) is 0 Å². The first-order chi connectivity index (χ1) is 1.00. The second kappa shape index (κ2) is 41.7. The summed E-state index contributed by atoms with van der Waals surface area (Å²) < 4.78 is 0. The minimum atomic E-state index is 0. The van der Waals surface area contributed by atoms with Crippen molar-refractivity contribution in [2.45, 2.75) is 0 Å². The van der Waals surface area contributed by atoms with E-state index in [1.807, 2.05) is 6.79 Å². The standard InChI is InChI=1S/CH2O.Fe.Mo/c1-2;;/h1H2;;. The van der Waals surface area contributed by atoms with E-state index in [1.165, 1.54) is 0 Å². The zero-order valence-electron chi connectivity index (χ0n) is 1.88. The van der Waals surface area contributed by atoms with Crippen LogP contribution in [-0.4, -0.2) is 6.79 Å². The van der Waals surface area contributed by atoms with Crippen LogP contribution in [0.25, 0.3) is 0 Å². The van der Waals surface area contributed by atoms with Crippen molar-refractivity contribution in [3.8, 4) is 0 Å². The molecule has 1 nitrogen and oxygen atoms in total. The SMILES string of the molecule is C=O.[Fe].[Mo]. The number of hydrogen-bond donors (Lipinski definition) is 0. The van der Waals surface area contributed by atoms with Crippen molar-refractivity contribution in [1.82, 2.24) is 0 Å². The molecule has 0 atom stereocenters. The van der Waals surface area contributed by atoms with Gasteiger partial charge in [0.05, 0.1) is 0 Å². The third-order valence-corrected chi connectivity index (χ3v) is 0. The molecule has 3 heteroatoms. The summed E-state index contributed by atoms with van der Waals surface area (Å²) in [6.07, 6.45) is 0. The van der Waals surface area contributed by atoms with Crippen LogP contribution in [0.3, 0.4) is 0 Å². The topological polar surface area (TPSA) is 17.1 Å². The summed E-state index contributed by atoms with van der Waals surface area (Å²) in [5, 5.41) is 0. The molecule has 0 radical (unpaired) electrons. The second-order valence-electron chi connectivity index (χ2n) is 0. The Morgan fingerprint density at radius 2 is 1.25 bits per heavy atom. The molecule has 0 aromatic rings. The van der Waals surface area contributed by atoms with Crippen molar-refractivity contribution >= 4 is 6.79 Å². The Balaban J connectivity index is -0.00000000500. The van der Waals surface area contributed by atoms with Crippen LogP contribution in [0.2, 0.25) is 0 Å². The molecule has 0 amide bonds. The van der Waals surface area contributed by atoms with Crippen molar-refractivity contribution in [1.29, 1.82) is 0 Å². The van der Waals surface area contributed by atoms with E-state index in [1.54, 1.807) is 0 Å². The van der Waals surface area contributed by atoms with E-state index in [0.29, 0.717) is 0 Å². The minimum Gasteiger partial charge on any atom is -0.307 e. The molecule has 0 spiro atoms. The monoisotopic (exact) mass is 184 g/mol. The average Bonchev–Trinajstić information content (AvgIpc) is 1.00. The maximum atomic E-state index is 8.00. The molecule has 0 fully saturated rings. The van der Waals surface area contributed by atoms with Crippen molar-refractivity contribution in [2.75, 3.05) is 0 Å². The molecule has 4 heavy (non-hydrogen) atoms. The van der Waals surface area contributed by atoms with Crippen LogP contribution in [0, 0.1) is 0 Å². The van der Waals surface area contributed by atoms with Crippen LogP contribution in [0.5, 0.6) is 0 Å². The van der Waals surface area contributed by atoms with Gasteiger partial charge in [-0.1, -0.05) is 0 Å². The Morgan fingerprint density at radius 1 is 1.25 bits per heavy atom. The normalized spacial score (nSPS) is 1.00. The molecule has 0 saturated carbocycles. The van der Waals surface area contributed by atoms with Gasteiger partial charge in [0, 0.05) is 38.1 Å². The minimum absolute atomic E-state index is 0. The maximum absolute atomic E-state index is 8.00.